The van der Waals surface area contributed by atoms with Crippen molar-refractivity contribution in [3.63, 3.8) is 0 Å². The molecule has 0 amide bonds. The number of rotatable bonds is 1. The highest BCUT2D eigenvalue weighted by atomic mass is 32.2. The van der Waals surface area contributed by atoms with E-state index in [0.29, 0.717) is 5.37 Å². The van der Waals surface area contributed by atoms with Crippen LogP contribution in [0.4, 0.5) is 0 Å². The van der Waals surface area contributed by atoms with E-state index < -0.39 is 0 Å². The highest BCUT2D eigenvalue weighted by molar-refractivity contribution is 7.99. The summed E-state index contributed by atoms with van der Waals surface area (Å²) in [6, 6.07) is 4.31. The van der Waals surface area contributed by atoms with E-state index >= 15 is 0 Å². The topological polar surface area (TPSA) is 12.0 Å². The summed E-state index contributed by atoms with van der Waals surface area (Å²) < 4.78 is 0. The van der Waals surface area contributed by atoms with Gasteiger partial charge in [0.15, 0.2) is 0 Å². The molecule has 3 heteroatoms. The lowest BCUT2D eigenvalue weighted by Gasteiger charge is -2.04. The van der Waals surface area contributed by atoms with Gasteiger partial charge in [-0.2, -0.15) is 0 Å². The Morgan fingerprint density at radius 1 is 1.60 bits per heavy atom. The van der Waals surface area contributed by atoms with E-state index in [-0.39, 0.29) is 0 Å². The van der Waals surface area contributed by atoms with E-state index in [9.17, 15) is 0 Å². The summed E-state index contributed by atoms with van der Waals surface area (Å²) in [6.45, 7) is 1.16. The van der Waals surface area contributed by atoms with Crippen LogP contribution in [0.3, 0.4) is 0 Å². The molecule has 1 atom stereocenters. The molecule has 0 spiro atoms. The molecule has 1 fully saturated rings. The molecule has 1 aromatic rings. The minimum atomic E-state index is 0.583. The standard InChI is InChI=1S/C7H9NS2/c1-2-6(9-4-1)7-8-3-5-10-7/h1-2,4,7-8H,3,5H2/t7-/m1/s1. The Bertz CT molecular complexity index is 189. The number of hydrogen-bond donors (Lipinski definition) is 1. The van der Waals surface area contributed by atoms with Gasteiger partial charge < -0.3 is 5.32 Å². The van der Waals surface area contributed by atoms with Crippen molar-refractivity contribution in [1.29, 1.82) is 0 Å². The average Bonchev–Trinajstić information content (AvgIpc) is 2.59. The molecule has 0 saturated carbocycles. The third-order valence-corrected chi connectivity index (χ3v) is 3.80. The van der Waals surface area contributed by atoms with Gasteiger partial charge in [-0.3, -0.25) is 0 Å². The molecule has 54 valence electrons. The predicted octanol–water partition coefficient (Wildman–Crippen LogP) is 2.08. The summed E-state index contributed by atoms with van der Waals surface area (Å²) in [7, 11) is 0. The maximum Gasteiger partial charge on any atom is 0.0883 e. The molecule has 2 heterocycles. The van der Waals surface area contributed by atoms with Crippen molar-refractivity contribution in [1.82, 2.24) is 5.32 Å². The molecule has 2 rings (SSSR count). The van der Waals surface area contributed by atoms with Gasteiger partial charge in [-0.1, -0.05) is 6.07 Å². The maximum atomic E-state index is 3.43. The molecule has 0 radical (unpaired) electrons. The first-order valence-corrected chi connectivity index (χ1v) is 5.28. The van der Waals surface area contributed by atoms with Crippen molar-refractivity contribution in [2.24, 2.45) is 0 Å². The molecule has 1 saturated heterocycles. The maximum absolute atomic E-state index is 3.43. The summed E-state index contributed by atoms with van der Waals surface area (Å²) >= 11 is 3.84. The van der Waals surface area contributed by atoms with Crippen LogP contribution < -0.4 is 5.32 Å². The van der Waals surface area contributed by atoms with Crippen LogP contribution >= 0.6 is 23.1 Å². The van der Waals surface area contributed by atoms with Gasteiger partial charge in [0.1, 0.15) is 0 Å². The van der Waals surface area contributed by atoms with Crippen molar-refractivity contribution in [2.75, 3.05) is 12.3 Å². The van der Waals surface area contributed by atoms with Crippen LogP contribution in [0.1, 0.15) is 10.3 Å². The fourth-order valence-electron chi connectivity index (χ4n) is 1.05. The quantitative estimate of drug-likeness (QED) is 0.694. The number of nitrogens with one attached hydrogen (secondary N) is 1. The van der Waals surface area contributed by atoms with E-state index in [1.807, 2.05) is 23.1 Å². The van der Waals surface area contributed by atoms with Crippen molar-refractivity contribution in [3.05, 3.63) is 22.4 Å². The van der Waals surface area contributed by atoms with Crippen LogP contribution in [0.2, 0.25) is 0 Å². The summed E-state index contributed by atoms with van der Waals surface area (Å²) in [5, 5.41) is 6.15. The zero-order valence-corrected chi connectivity index (χ0v) is 7.17. The Morgan fingerprint density at radius 3 is 3.20 bits per heavy atom. The monoisotopic (exact) mass is 171 g/mol. The van der Waals surface area contributed by atoms with Crippen LogP contribution in [0.5, 0.6) is 0 Å². The number of hydrogen-bond acceptors (Lipinski definition) is 3. The van der Waals surface area contributed by atoms with Gasteiger partial charge in [0, 0.05) is 17.2 Å². The van der Waals surface area contributed by atoms with Gasteiger partial charge in [-0.25, -0.2) is 0 Å². The second-order valence-corrected chi connectivity index (χ2v) is 4.41. The molecular weight excluding hydrogens is 162 g/mol. The highest BCUT2D eigenvalue weighted by Crippen LogP contribution is 2.32. The van der Waals surface area contributed by atoms with Crippen LogP contribution in [0.15, 0.2) is 17.5 Å². The molecule has 1 aliphatic rings. The van der Waals surface area contributed by atoms with Crippen molar-refractivity contribution >= 4 is 23.1 Å². The first-order chi connectivity index (χ1) is 4.97. The molecule has 10 heavy (non-hydrogen) atoms. The molecule has 1 N–H and O–H groups in total. The highest BCUT2D eigenvalue weighted by Gasteiger charge is 2.16. The average molecular weight is 171 g/mol. The molecule has 0 aliphatic carbocycles. The zero-order valence-electron chi connectivity index (χ0n) is 5.54. The smallest absolute Gasteiger partial charge is 0.0883 e. The molecular formula is C7H9NS2. The Hall–Kier alpha value is 0.01000. The minimum Gasteiger partial charge on any atom is -0.300 e. The molecule has 0 unspecified atom stereocenters. The molecule has 1 aliphatic heterocycles. The Kier molecular flexibility index (Phi) is 1.97. The van der Waals surface area contributed by atoms with Crippen molar-refractivity contribution in [2.45, 2.75) is 5.37 Å². The SMILES string of the molecule is c1csc([C@@H]2NCCS2)c1. The summed E-state index contributed by atoms with van der Waals surface area (Å²) in [4.78, 5) is 1.46. The summed E-state index contributed by atoms with van der Waals surface area (Å²) in [6.07, 6.45) is 0. The third-order valence-electron chi connectivity index (χ3n) is 1.52. The molecule has 1 nitrogen and oxygen atoms in total. The van der Waals surface area contributed by atoms with E-state index in [4.69, 9.17) is 0 Å². The Balaban J connectivity index is 2.12. The lowest BCUT2D eigenvalue weighted by atomic mass is 10.4. The van der Waals surface area contributed by atoms with Gasteiger partial charge in [-0.15, -0.1) is 23.1 Å². The van der Waals surface area contributed by atoms with E-state index in [1.54, 1.807) is 0 Å². The minimum absolute atomic E-state index is 0.583. The van der Waals surface area contributed by atoms with E-state index in [0.717, 1.165) is 6.54 Å². The lowest BCUT2D eigenvalue weighted by molar-refractivity contribution is 0.761. The second kappa shape index (κ2) is 2.95. The van der Waals surface area contributed by atoms with Crippen LogP contribution in [-0.4, -0.2) is 12.3 Å². The first kappa shape index (κ1) is 6.70. The fourth-order valence-corrected chi connectivity index (χ4v) is 3.05. The van der Waals surface area contributed by atoms with Gasteiger partial charge in [0.2, 0.25) is 0 Å². The summed E-state index contributed by atoms with van der Waals surface area (Å²) in [5.41, 5.74) is 0. The Labute approximate surface area is 68.8 Å². The van der Waals surface area contributed by atoms with Crippen LogP contribution in [-0.2, 0) is 0 Å². The van der Waals surface area contributed by atoms with Crippen LogP contribution in [0.25, 0.3) is 0 Å². The largest absolute Gasteiger partial charge is 0.300 e. The van der Waals surface area contributed by atoms with Crippen LogP contribution in [0, 0.1) is 0 Å². The predicted molar refractivity (Wildman–Crippen MR) is 47.5 cm³/mol. The number of thioether (sulfide) groups is 1. The Morgan fingerprint density at radius 2 is 2.60 bits per heavy atom. The summed E-state index contributed by atoms with van der Waals surface area (Å²) in [5.74, 6) is 1.25. The molecule has 1 aromatic heterocycles. The normalized spacial score (nSPS) is 25.4. The zero-order chi connectivity index (χ0) is 6.81. The van der Waals surface area contributed by atoms with Gasteiger partial charge in [0.05, 0.1) is 5.37 Å². The molecule has 0 bridgehead atoms. The first-order valence-electron chi connectivity index (χ1n) is 3.35. The number of thiophene rings is 1. The third kappa shape index (κ3) is 1.21. The van der Waals surface area contributed by atoms with E-state index in [1.165, 1.54) is 10.6 Å². The fraction of sp³-hybridized carbons (Fsp3) is 0.429. The van der Waals surface area contributed by atoms with Gasteiger partial charge in [0.25, 0.3) is 0 Å². The lowest BCUT2D eigenvalue weighted by Crippen LogP contribution is -2.10. The van der Waals surface area contributed by atoms with Crippen molar-refractivity contribution < 1.29 is 0 Å². The van der Waals surface area contributed by atoms with Crippen molar-refractivity contribution in [3.8, 4) is 0 Å². The van der Waals surface area contributed by atoms with Gasteiger partial charge in [-0.05, 0) is 11.4 Å². The molecule has 0 aromatic carbocycles. The van der Waals surface area contributed by atoms with Gasteiger partial charge >= 0.3 is 0 Å². The van der Waals surface area contributed by atoms with E-state index in [2.05, 4.69) is 22.8 Å². The second-order valence-electron chi connectivity index (χ2n) is 2.22.